The summed E-state index contributed by atoms with van der Waals surface area (Å²) in [6.07, 6.45) is 10.1. The monoisotopic (exact) mass is 512 g/mol. The number of fused-ring (bicyclic) bond motifs is 7. The third kappa shape index (κ3) is 3.46. The molecule has 10 unspecified atom stereocenters. The van der Waals surface area contributed by atoms with E-state index in [0.29, 0.717) is 42.5 Å². The molecule has 37 heavy (non-hydrogen) atoms. The Hall–Kier alpha value is -0.970. The first kappa shape index (κ1) is 27.6. The highest BCUT2D eigenvalue weighted by Crippen LogP contribution is 2.77. The van der Waals surface area contributed by atoms with Crippen molar-refractivity contribution >= 4 is 5.78 Å². The van der Waals surface area contributed by atoms with Crippen LogP contribution in [0.5, 0.6) is 0 Å². The maximum absolute atomic E-state index is 13.6. The third-order valence-electron chi connectivity index (χ3n) is 13.5. The van der Waals surface area contributed by atoms with E-state index in [1.54, 1.807) is 0 Å². The maximum Gasteiger partial charge on any atom is 0.184 e. The fourth-order valence-electron chi connectivity index (χ4n) is 11.5. The van der Waals surface area contributed by atoms with Gasteiger partial charge in [-0.2, -0.15) is 0 Å². The number of rotatable bonds is 5. The highest BCUT2D eigenvalue weighted by molar-refractivity contribution is 6.01. The van der Waals surface area contributed by atoms with Crippen molar-refractivity contribution in [1.29, 1.82) is 0 Å². The molecule has 0 radical (unpaired) electrons. The fraction of sp³-hybridized carbons (Fsp3) is 0.848. The molecule has 4 saturated carbocycles. The molecule has 5 rings (SSSR count). The van der Waals surface area contributed by atoms with Crippen molar-refractivity contribution in [2.24, 2.45) is 56.7 Å². The number of aliphatic hydroxyl groups excluding tert-OH is 2. The molecule has 0 aromatic rings. The predicted molar refractivity (Wildman–Crippen MR) is 148 cm³/mol. The van der Waals surface area contributed by atoms with Gasteiger partial charge in [0.1, 0.15) is 0 Å². The number of aliphatic hydroxyl groups is 2. The molecule has 0 amide bonds. The molecule has 5 aliphatic carbocycles. The average Bonchev–Trinajstić information content (AvgIpc) is 3.22. The van der Waals surface area contributed by atoms with E-state index >= 15 is 0 Å². The number of carbonyl (C=O) groups excluding carboxylic acids is 1. The zero-order valence-electron chi connectivity index (χ0n) is 24.5. The molecule has 4 heteroatoms. The molecule has 0 aromatic carbocycles. The lowest BCUT2D eigenvalue weighted by Gasteiger charge is -2.71. The molecular formula is C33H52O4. The Morgan fingerprint density at radius 1 is 1.03 bits per heavy atom. The van der Waals surface area contributed by atoms with Gasteiger partial charge in [-0.15, -0.1) is 0 Å². The highest BCUT2D eigenvalue weighted by Gasteiger charge is 2.70. The third-order valence-corrected chi connectivity index (χ3v) is 13.5. The van der Waals surface area contributed by atoms with Gasteiger partial charge in [-0.05, 0) is 116 Å². The van der Waals surface area contributed by atoms with Gasteiger partial charge in [0.15, 0.2) is 12.1 Å². The second-order valence-corrected chi connectivity index (χ2v) is 15.0. The fourth-order valence-corrected chi connectivity index (χ4v) is 11.5. The SMILES string of the molecule is C=C(C)C1CCC2(CO)CCC3(C)C(CCC4C5(C)C=C(C(O)OCC)C(=O)C(C)(C)C5CCC43C)C12. The van der Waals surface area contributed by atoms with E-state index in [2.05, 4.69) is 54.2 Å². The molecule has 0 spiro atoms. The highest BCUT2D eigenvalue weighted by atomic mass is 16.6. The Labute approximate surface area is 225 Å². The number of hydrogen-bond acceptors (Lipinski definition) is 4. The van der Waals surface area contributed by atoms with Crippen LogP contribution in [0.1, 0.15) is 99.8 Å². The number of hydrogen-bond donors (Lipinski definition) is 2. The van der Waals surface area contributed by atoms with Crippen LogP contribution in [0.3, 0.4) is 0 Å². The van der Waals surface area contributed by atoms with Crippen molar-refractivity contribution in [3.05, 3.63) is 23.8 Å². The van der Waals surface area contributed by atoms with Gasteiger partial charge in [0.05, 0.1) is 0 Å². The summed E-state index contributed by atoms with van der Waals surface area (Å²) in [4.78, 5) is 13.6. The van der Waals surface area contributed by atoms with Crippen LogP contribution < -0.4 is 0 Å². The minimum atomic E-state index is -1.15. The summed E-state index contributed by atoms with van der Waals surface area (Å²) in [7, 11) is 0. The lowest BCUT2D eigenvalue weighted by Crippen LogP contribution is -2.66. The second kappa shape index (κ2) is 8.77. The van der Waals surface area contributed by atoms with E-state index < -0.39 is 11.7 Å². The quantitative estimate of drug-likeness (QED) is 0.317. The molecule has 10 atom stereocenters. The van der Waals surface area contributed by atoms with Crippen molar-refractivity contribution in [2.45, 2.75) is 106 Å². The first-order chi connectivity index (χ1) is 17.2. The first-order valence-corrected chi connectivity index (χ1v) is 15.1. The van der Waals surface area contributed by atoms with Gasteiger partial charge in [-0.25, -0.2) is 0 Å². The van der Waals surface area contributed by atoms with Gasteiger partial charge in [0.2, 0.25) is 0 Å². The summed E-state index contributed by atoms with van der Waals surface area (Å²) in [5, 5.41) is 21.6. The van der Waals surface area contributed by atoms with Crippen molar-refractivity contribution in [3.8, 4) is 0 Å². The molecule has 0 aromatic heterocycles. The molecule has 0 heterocycles. The van der Waals surface area contributed by atoms with Crippen LogP contribution in [-0.4, -0.2) is 35.5 Å². The van der Waals surface area contributed by atoms with Gasteiger partial charge in [0.25, 0.3) is 0 Å². The van der Waals surface area contributed by atoms with E-state index in [0.717, 1.165) is 32.1 Å². The molecule has 0 bridgehead atoms. The number of carbonyl (C=O) groups is 1. The standard InChI is InChI=1S/C33H52O4/c1-9-37-28(36)22-18-30(6)24(29(4,5)27(22)35)13-14-32(8)25(30)11-10-23-26-21(20(2)3)12-15-33(26,19-34)17-16-31(23,32)7/h18,21,23-26,28,34,36H,2,9-17,19H2,1,3-8H3. The average molecular weight is 513 g/mol. The van der Waals surface area contributed by atoms with Gasteiger partial charge in [-0.1, -0.05) is 52.8 Å². The van der Waals surface area contributed by atoms with Crippen molar-refractivity contribution in [2.75, 3.05) is 13.2 Å². The molecule has 208 valence electrons. The first-order valence-electron chi connectivity index (χ1n) is 15.1. The van der Waals surface area contributed by atoms with E-state index in [-0.39, 0.29) is 33.4 Å². The number of ether oxygens (including phenoxy) is 1. The van der Waals surface area contributed by atoms with Crippen LogP contribution in [0.25, 0.3) is 0 Å². The number of Topliss-reactive ketones (excluding diaryl/α,β-unsaturated/α-hetero) is 1. The summed E-state index contributed by atoms with van der Waals surface area (Å²) in [5.74, 6) is 2.39. The summed E-state index contributed by atoms with van der Waals surface area (Å²) in [6.45, 7) is 20.9. The zero-order valence-corrected chi connectivity index (χ0v) is 24.5. The van der Waals surface area contributed by atoms with Crippen LogP contribution in [-0.2, 0) is 9.53 Å². The molecule has 4 fully saturated rings. The minimum Gasteiger partial charge on any atom is -0.396 e. The molecular weight excluding hydrogens is 460 g/mol. The largest absolute Gasteiger partial charge is 0.396 e. The molecule has 0 aliphatic heterocycles. The zero-order chi connectivity index (χ0) is 27.2. The smallest absolute Gasteiger partial charge is 0.184 e. The van der Waals surface area contributed by atoms with Crippen LogP contribution in [0, 0.1) is 56.7 Å². The lowest BCUT2D eigenvalue weighted by molar-refractivity contribution is -0.222. The van der Waals surface area contributed by atoms with Crippen LogP contribution in [0.2, 0.25) is 0 Å². The van der Waals surface area contributed by atoms with Crippen LogP contribution in [0.4, 0.5) is 0 Å². The maximum atomic E-state index is 13.6. The normalized spacial score (nSPS) is 49.3. The van der Waals surface area contributed by atoms with Crippen LogP contribution in [0.15, 0.2) is 23.8 Å². The van der Waals surface area contributed by atoms with Crippen molar-refractivity contribution < 1.29 is 19.7 Å². The Kier molecular flexibility index (Phi) is 6.54. The number of ketones is 1. The van der Waals surface area contributed by atoms with Gasteiger partial charge in [0, 0.05) is 24.2 Å². The minimum absolute atomic E-state index is 0.0556. The van der Waals surface area contributed by atoms with Crippen LogP contribution >= 0.6 is 0 Å². The Bertz CT molecular complexity index is 996. The molecule has 2 N–H and O–H groups in total. The summed E-state index contributed by atoms with van der Waals surface area (Å²) in [5.41, 5.74) is 1.47. The second-order valence-electron chi connectivity index (χ2n) is 15.0. The topological polar surface area (TPSA) is 66.8 Å². The number of allylic oxidation sites excluding steroid dienone is 2. The van der Waals surface area contributed by atoms with Gasteiger partial charge < -0.3 is 14.9 Å². The Morgan fingerprint density at radius 2 is 1.73 bits per heavy atom. The predicted octanol–water partition coefficient (Wildman–Crippen LogP) is 6.71. The molecule has 4 nitrogen and oxygen atoms in total. The van der Waals surface area contributed by atoms with Crippen molar-refractivity contribution in [3.63, 3.8) is 0 Å². The van der Waals surface area contributed by atoms with Gasteiger partial charge >= 0.3 is 0 Å². The summed E-state index contributed by atoms with van der Waals surface area (Å²) in [6, 6.07) is 0. The van der Waals surface area contributed by atoms with E-state index in [4.69, 9.17) is 4.74 Å². The summed E-state index contributed by atoms with van der Waals surface area (Å²) >= 11 is 0. The lowest BCUT2D eigenvalue weighted by atomic mass is 9.32. The van der Waals surface area contributed by atoms with E-state index in [9.17, 15) is 15.0 Å². The van der Waals surface area contributed by atoms with Crippen molar-refractivity contribution in [1.82, 2.24) is 0 Å². The molecule has 0 saturated heterocycles. The van der Waals surface area contributed by atoms with E-state index in [1.807, 2.05) is 6.92 Å². The summed E-state index contributed by atoms with van der Waals surface area (Å²) < 4.78 is 5.58. The Balaban J connectivity index is 1.59. The molecule has 5 aliphatic rings. The van der Waals surface area contributed by atoms with Gasteiger partial charge in [-0.3, -0.25) is 4.79 Å². The van der Waals surface area contributed by atoms with E-state index in [1.165, 1.54) is 24.8 Å². The Morgan fingerprint density at radius 3 is 2.35 bits per heavy atom.